The molecule has 0 radical (unpaired) electrons. The third kappa shape index (κ3) is 2.36. The molecule has 0 bridgehead atoms. The fourth-order valence-electron chi connectivity index (χ4n) is 1.44. The van der Waals surface area contributed by atoms with Crippen LogP contribution in [0.15, 0.2) is 29.4 Å². The summed E-state index contributed by atoms with van der Waals surface area (Å²) in [6.07, 6.45) is 1.76. The number of ketones is 1. The maximum absolute atomic E-state index is 11.7. The maximum atomic E-state index is 11.7. The molecule has 16 heavy (non-hydrogen) atoms. The van der Waals surface area contributed by atoms with Gasteiger partial charge in [-0.15, -0.1) is 0 Å². The number of thioether (sulfide) groups is 1. The van der Waals surface area contributed by atoms with E-state index >= 15 is 0 Å². The molecule has 5 heteroatoms. The van der Waals surface area contributed by atoms with Crippen molar-refractivity contribution in [2.45, 2.75) is 11.9 Å². The van der Waals surface area contributed by atoms with E-state index in [4.69, 9.17) is 0 Å². The molecular formula is C11H13N3OS. The van der Waals surface area contributed by atoms with Crippen molar-refractivity contribution in [2.75, 3.05) is 5.75 Å². The first kappa shape index (κ1) is 11.0. The van der Waals surface area contributed by atoms with Gasteiger partial charge in [0.2, 0.25) is 0 Å². The molecule has 2 rings (SSSR count). The number of rotatable bonds is 4. The average Bonchev–Trinajstić information content (AvgIpc) is 2.84. The van der Waals surface area contributed by atoms with Gasteiger partial charge in [-0.25, -0.2) is 0 Å². The zero-order chi connectivity index (χ0) is 11.5. The smallest absolute Gasteiger partial charge is 0.189 e. The lowest BCUT2D eigenvalue weighted by atomic mass is 10.3. The molecule has 2 aromatic heterocycles. The molecule has 0 unspecified atom stereocenters. The predicted molar refractivity (Wildman–Crippen MR) is 63.8 cm³/mol. The quantitative estimate of drug-likeness (QED) is 0.651. The van der Waals surface area contributed by atoms with Crippen molar-refractivity contribution in [1.29, 1.82) is 0 Å². The fraction of sp³-hybridized carbons (Fsp3) is 0.273. The summed E-state index contributed by atoms with van der Waals surface area (Å²) in [6, 6.07) is 5.59. The largest absolute Gasteiger partial charge is 0.359 e. The highest BCUT2D eigenvalue weighted by atomic mass is 32.2. The van der Waals surface area contributed by atoms with E-state index in [1.54, 1.807) is 16.9 Å². The zero-order valence-corrected chi connectivity index (χ0v) is 10.0. The fourth-order valence-corrected chi connectivity index (χ4v) is 2.36. The van der Waals surface area contributed by atoms with Gasteiger partial charge in [-0.3, -0.25) is 9.48 Å². The van der Waals surface area contributed by atoms with Crippen LogP contribution in [0.3, 0.4) is 0 Å². The molecule has 0 spiro atoms. The minimum absolute atomic E-state index is 0.105. The minimum Gasteiger partial charge on any atom is -0.359 e. The van der Waals surface area contributed by atoms with Gasteiger partial charge in [-0.05, 0) is 25.1 Å². The molecule has 0 fully saturated rings. The Balaban J connectivity index is 1.98. The monoisotopic (exact) mass is 235 g/mol. The minimum atomic E-state index is 0.105. The topological polar surface area (TPSA) is 50.7 Å². The van der Waals surface area contributed by atoms with Gasteiger partial charge in [-0.2, -0.15) is 5.10 Å². The molecule has 0 atom stereocenters. The first-order chi connectivity index (χ1) is 7.66. The molecule has 0 saturated heterocycles. The van der Waals surface area contributed by atoms with Gasteiger partial charge in [0.1, 0.15) is 0 Å². The zero-order valence-electron chi connectivity index (χ0n) is 9.23. The van der Waals surface area contributed by atoms with Gasteiger partial charge in [0, 0.05) is 13.2 Å². The van der Waals surface area contributed by atoms with Crippen LogP contribution in [-0.4, -0.2) is 26.3 Å². The second kappa shape index (κ2) is 4.57. The van der Waals surface area contributed by atoms with Crippen LogP contribution in [0.2, 0.25) is 0 Å². The van der Waals surface area contributed by atoms with E-state index in [9.17, 15) is 4.79 Å². The summed E-state index contributed by atoms with van der Waals surface area (Å²) in [6.45, 7) is 1.94. The molecule has 0 aliphatic carbocycles. The van der Waals surface area contributed by atoms with E-state index in [1.807, 2.05) is 26.1 Å². The predicted octanol–water partition coefficient (Wildman–Crippen LogP) is 2.03. The Labute approximate surface area is 98.0 Å². The van der Waals surface area contributed by atoms with E-state index < -0.39 is 0 Å². The second-order valence-electron chi connectivity index (χ2n) is 3.54. The van der Waals surface area contributed by atoms with E-state index in [2.05, 4.69) is 10.1 Å². The number of aryl methyl sites for hydroxylation is 2. The van der Waals surface area contributed by atoms with Gasteiger partial charge >= 0.3 is 0 Å². The third-order valence-electron chi connectivity index (χ3n) is 2.21. The number of nitrogens with one attached hydrogen (secondary N) is 1. The Morgan fingerprint density at radius 1 is 1.62 bits per heavy atom. The van der Waals surface area contributed by atoms with E-state index in [0.29, 0.717) is 11.4 Å². The lowest BCUT2D eigenvalue weighted by molar-refractivity contribution is 0.101. The van der Waals surface area contributed by atoms with Gasteiger partial charge in [0.15, 0.2) is 5.78 Å². The Hall–Kier alpha value is -1.49. The Kier molecular flexibility index (Phi) is 3.14. The summed E-state index contributed by atoms with van der Waals surface area (Å²) in [5.74, 6) is 0.535. The van der Waals surface area contributed by atoms with Crippen LogP contribution in [0.4, 0.5) is 0 Å². The van der Waals surface area contributed by atoms with Crippen molar-refractivity contribution in [3.8, 4) is 0 Å². The molecule has 0 aliphatic rings. The van der Waals surface area contributed by atoms with Gasteiger partial charge < -0.3 is 4.98 Å². The van der Waals surface area contributed by atoms with Crippen molar-refractivity contribution in [3.63, 3.8) is 0 Å². The summed E-state index contributed by atoms with van der Waals surface area (Å²) in [5, 5.41) is 5.24. The molecule has 0 saturated carbocycles. The van der Waals surface area contributed by atoms with Crippen LogP contribution >= 0.6 is 11.8 Å². The lowest BCUT2D eigenvalue weighted by Gasteiger charge is -1.99. The van der Waals surface area contributed by atoms with Gasteiger partial charge in [0.05, 0.1) is 22.2 Å². The number of hydrogen-bond donors (Lipinski definition) is 1. The highest BCUT2D eigenvalue weighted by Gasteiger charge is 2.09. The molecular weight excluding hydrogens is 222 g/mol. The number of carbonyl (C=O) groups is 1. The Morgan fingerprint density at radius 3 is 3.00 bits per heavy atom. The molecule has 2 aromatic rings. The van der Waals surface area contributed by atoms with Crippen molar-refractivity contribution in [2.24, 2.45) is 7.05 Å². The number of aromatic nitrogens is 3. The number of carbonyl (C=O) groups excluding carboxylic acids is 1. The van der Waals surface area contributed by atoms with Crippen molar-refractivity contribution >= 4 is 17.5 Å². The maximum Gasteiger partial charge on any atom is 0.189 e. The van der Waals surface area contributed by atoms with Crippen LogP contribution in [-0.2, 0) is 7.05 Å². The Morgan fingerprint density at radius 2 is 2.44 bits per heavy atom. The summed E-state index contributed by atoms with van der Waals surface area (Å²) in [5.41, 5.74) is 1.63. The van der Waals surface area contributed by atoms with Crippen molar-refractivity contribution in [3.05, 3.63) is 35.8 Å². The van der Waals surface area contributed by atoms with Crippen molar-refractivity contribution < 1.29 is 4.79 Å². The standard InChI is InChI=1S/C11H13N3OS/c1-8-6-11(14(2)13-8)16-7-10(15)9-4-3-5-12-9/h3-6,12H,7H2,1-2H3. The van der Waals surface area contributed by atoms with E-state index in [1.165, 1.54) is 11.8 Å². The molecule has 4 nitrogen and oxygen atoms in total. The van der Waals surface area contributed by atoms with Gasteiger partial charge in [0.25, 0.3) is 0 Å². The number of hydrogen-bond acceptors (Lipinski definition) is 3. The molecule has 84 valence electrons. The van der Waals surface area contributed by atoms with Crippen LogP contribution in [0.25, 0.3) is 0 Å². The summed E-state index contributed by atoms with van der Waals surface area (Å²) in [4.78, 5) is 14.6. The normalized spacial score (nSPS) is 10.6. The molecule has 1 N–H and O–H groups in total. The van der Waals surface area contributed by atoms with Gasteiger partial charge in [-0.1, -0.05) is 11.8 Å². The lowest BCUT2D eigenvalue weighted by Crippen LogP contribution is -2.03. The van der Waals surface area contributed by atoms with Crippen LogP contribution in [0.5, 0.6) is 0 Å². The SMILES string of the molecule is Cc1cc(SCC(=O)c2ccc[nH]2)n(C)n1. The van der Waals surface area contributed by atoms with Crippen LogP contribution in [0.1, 0.15) is 16.2 Å². The average molecular weight is 235 g/mol. The van der Waals surface area contributed by atoms with E-state index in [-0.39, 0.29) is 5.78 Å². The Bertz CT molecular complexity index is 487. The highest BCUT2D eigenvalue weighted by molar-refractivity contribution is 7.99. The summed E-state index contributed by atoms with van der Waals surface area (Å²) < 4.78 is 1.79. The summed E-state index contributed by atoms with van der Waals surface area (Å²) >= 11 is 1.51. The molecule has 0 aliphatic heterocycles. The third-order valence-corrected chi connectivity index (χ3v) is 3.29. The number of H-pyrrole nitrogens is 1. The molecule has 0 aromatic carbocycles. The first-order valence-corrected chi connectivity index (χ1v) is 5.95. The number of aromatic amines is 1. The second-order valence-corrected chi connectivity index (χ2v) is 4.54. The van der Waals surface area contributed by atoms with E-state index in [0.717, 1.165) is 10.7 Å². The van der Waals surface area contributed by atoms with Crippen LogP contribution in [0, 0.1) is 6.92 Å². The first-order valence-electron chi connectivity index (χ1n) is 4.97. The summed E-state index contributed by atoms with van der Waals surface area (Å²) in [7, 11) is 1.88. The highest BCUT2D eigenvalue weighted by Crippen LogP contribution is 2.19. The van der Waals surface area contributed by atoms with Crippen LogP contribution < -0.4 is 0 Å². The number of Topliss-reactive ketones (excluding diaryl/α,β-unsaturated/α-hetero) is 1. The number of nitrogens with zero attached hydrogens (tertiary/aromatic N) is 2. The molecule has 2 heterocycles. The molecule has 0 amide bonds. The van der Waals surface area contributed by atoms with Crippen molar-refractivity contribution in [1.82, 2.24) is 14.8 Å².